The zero-order chi connectivity index (χ0) is 19.8. The first-order valence-corrected chi connectivity index (χ1v) is 8.99. The van der Waals surface area contributed by atoms with E-state index < -0.39 is 10.5 Å². The van der Waals surface area contributed by atoms with E-state index in [1.54, 1.807) is 4.90 Å². The molecule has 0 saturated carbocycles. The number of hydrogen-bond donors (Lipinski definition) is 0. The van der Waals surface area contributed by atoms with Crippen molar-refractivity contribution in [2.24, 2.45) is 0 Å². The van der Waals surface area contributed by atoms with Crippen LogP contribution in [0.5, 0.6) is 0 Å². The summed E-state index contributed by atoms with van der Waals surface area (Å²) in [6.07, 6.45) is 3.07. The second-order valence-electron chi connectivity index (χ2n) is 6.92. The van der Waals surface area contributed by atoms with E-state index in [0.717, 1.165) is 24.1 Å². The molecule has 1 unspecified atom stereocenters. The van der Waals surface area contributed by atoms with Crippen molar-refractivity contribution in [1.29, 1.82) is 0 Å². The highest BCUT2D eigenvalue weighted by Gasteiger charge is 2.28. The van der Waals surface area contributed by atoms with E-state index in [1.165, 1.54) is 29.1 Å². The number of nitrogens with zero attached hydrogens (tertiary/aromatic N) is 4. The number of hydrogen-bond acceptors (Lipinski definition) is 5. The molecule has 0 saturated heterocycles. The van der Waals surface area contributed by atoms with Crippen molar-refractivity contribution in [2.75, 3.05) is 4.90 Å². The Kier molecular flexibility index (Phi) is 4.38. The summed E-state index contributed by atoms with van der Waals surface area (Å²) in [5, 5.41) is 11.1. The van der Waals surface area contributed by atoms with Crippen LogP contribution in [0, 0.1) is 10.1 Å². The van der Waals surface area contributed by atoms with E-state index in [0.29, 0.717) is 5.52 Å². The third-order valence-corrected chi connectivity index (χ3v) is 5.12. The Balaban J connectivity index is 1.70. The number of benzene rings is 2. The second kappa shape index (κ2) is 6.88. The van der Waals surface area contributed by atoms with Crippen LogP contribution in [-0.4, -0.2) is 26.4 Å². The minimum absolute atomic E-state index is 0.0209. The van der Waals surface area contributed by atoms with Crippen LogP contribution in [0.3, 0.4) is 0 Å². The Morgan fingerprint density at radius 2 is 2.07 bits per heavy atom. The molecule has 1 aromatic heterocycles. The highest BCUT2D eigenvalue weighted by molar-refractivity contribution is 5.95. The smallest absolute Gasteiger partial charge is 0.270 e. The van der Waals surface area contributed by atoms with Gasteiger partial charge in [0, 0.05) is 23.9 Å². The standard InChI is InChI=1S/C20H18N4O4/c1-13-6-7-14-4-2-3-5-18(14)23(13)19(25)11-22-12-21-17-9-8-15(24(27)28)10-16(17)20(22)26/h2-5,8-10,12-13H,6-7,11H2,1H3. The molecule has 1 amide bonds. The lowest BCUT2D eigenvalue weighted by Gasteiger charge is -2.35. The van der Waals surface area contributed by atoms with Gasteiger partial charge in [0.1, 0.15) is 6.54 Å². The zero-order valence-corrected chi connectivity index (χ0v) is 15.2. The molecule has 8 heteroatoms. The van der Waals surface area contributed by atoms with E-state index >= 15 is 0 Å². The molecule has 1 atom stereocenters. The van der Waals surface area contributed by atoms with Gasteiger partial charge in [0.05, 0.1) is 22.2 Å². The van der Waals surface area contributed by atoms with Gasteiger partial charge in [-0.25, -0.2) is 4.98 Å². The molecule has 0 fully saturated rings. The Morgan fingerprint density at radius 1 is 1.29 bits per heavy atom. The van der Waals surface area contributed by atoms with Crippen LogP contribution < -0.4 is 10.5 Å². The van der Waals surface area contributed by atoms with Crippen molar-refractivity contribution < 1.29 is 9.72 Å². The summed E-state index contributed by atoms with van der Waals surface area (Å²) in [4.78, 5) is 42.1. The maximum Gasteiger partial charge on any atom is 0.270 e. The Bertz CT molecular complexity index is 1150. The fourth-order valence-electron chi connectivity index (χ4n) is 3.66. The van der Waals surface area contributed by atoms with Gasteiger partial charge < -0.3 is 4.90 Å². The van der Waals surface area contributed by atoms with E-state index in [2.05, 4.69) is 4.98 Å². The molecule has 2 aromatic carbocycles. The van der Waals surface area contributed by atoms with E-state index in [1.807, 2.05) is 31.2 Å². The number of carbonyl (C=O) groups is 1. The van der Waals surface area contributed by atoms with Crippen LogP contribution in [0.15, 0.2) is 53.6 Å². The Labute approximate surface area is 160 Å². The van der Waals surface area contributed by atoms with Crippen molar-refractivity contribution in [1.82, 2.24) is 9.55 Å². The van der Waals surface area contributed by atoms with Gasteiger partial charge in [-0.2, -0.15) is 0 Å². The van der Waals surface area contributed by atoms with E-state index in [9.17, 15) is 19.7 Å². The molecule has 3 aromatic rings. The Morgan fingerprint density at radius 3 is 2.86 bits per heavy atom. The van der Waals surface area contributed by atoms with Gasteiger partial charge >= 0.3 is 0 Å². The van der Waals surface area contributed by atoms with Crippen LogP contribution in [0.2, 0.25) is 0 Å². The molecule has 0 aliphatic carbocycles. The summed E-state index contributed by atoms with van der Waals surface area (Å²) in [5.41, 5.74) is 1.67. The summed E-state index contributed by atoms with van der Waals surface area (Å²) >= 11 is 0. The molecular weight excluding hydrogens is 360 g/mol. The van der Waals surface area contributed by atoms with Gasteiger partial charge in [-0.05, 0) is 37.5 Å². The number of fused-ring (bicyclic) bond motifs is 2. The molecule has 4 rings (SSSR count). The zero-order valence-electron chi connectivity index (χ0n) is 15.2. The summed E-state index contributed by atoms with van der Waals surface area (Å²) in [6.45, 7) is 1.81. The van der Waals surface area contributed by atoms with Gasteiger partial charge in [0.15, 0.2) is 0 Å². The number of aromatic nitrogens is 2. The largest absolute Gasteiger partial charge is 0.308 e. The summed E-state index contributed by atoms with van der Waals surface area (Å²) in [6, 6.07) is 11.7. The topological polar surface area (TPSA) is 98.3 Å². The Hall–Kier alpha value is -3.55. The van der Waals surface area contributed by atoms with E-state index in [-0.39, 0.29) is 29.6 Å². The van der Waals surface area contributed by atoms with E-state index in [4.69, 9.17) is 0 Å². The second-order valence-corrected chi connectivity index (χ2v) is 6.92. The van der Waals surface area contributed by atoms with Crippen molar-refractivity contribution >= 4 is 28.2 Å². The fourth-order valence-corrected chi connectivity index (χ4v) is 3.66. The first-order valence-electron chi connectivity index (χ1n) is 8.99. The van der Waals surface area contributed by atoms with Crippen molar-refractivity contribution in [2.45, 2.75) is 32.4 Å². The normalized spacial score (nSPS) is 16.0. The number of amides is 1. The minimum Gasteiger partial charge on any atom is -0.308 e. The number of aryl methyl sites for hydroxylation is 1. The van der Waals surface area contributed by atoms with Crippen LogP contribution in [-0.2, 0) is 17.8 Å². The molecule has 142 valence electrons. The highest BCUT2D eigenvalue weighted by Crippen LogP contribution is 2.30. The predicted octanol–water partition coefficient (Wildman–Crippen LogP) is 2.67. The van der Waals surface area contributed by atoms with Gasteiger partial charge in [-0.1, -0.05) is 18.2 Å². The lowest BCUT2D eigenvalue weighted by Crippen LogP contribution is -2.44. The number of para-hydroxylation sites is 1. The maximum absolute atomic E-state index is 13.0. The van der Waals surface area contributed by atoms with Gasteiger partial charge in [0.25, 0.3) is 11.2 Å². The van der Waals surface area contributed by atoms with Gasteiger partial charge in [0.2, 0.25) is 5.91 Å². The SMILES string of the molecule is CC1CCc2ccccc2N1C(=O)Cn1cnc2ccc([N+](=O)[O-])cc2c1=O. The van der Waals surface area contributed by atoms with Crippen molar-refractivity contribution in [3.8, 4) is 0 Å². The third-order valence-electron chi connectivity index (χ3n) is 5.12. The molecule has 2 heterocycles. The minimum atomic E-state index is -0.562. The van der Waals surface area contributed by atoms with Crippen LogP contribution in [0.4, 0.5) is 11.4 Å². The number of anilines is 1. The summed E-state index contributed by atoms with van der Waals surface area (Å²) < 4.78 is 1.21. The highest BCUT2D eigenvalue weighted by atomic mass is 16.6. The van der Waals surface area contributed by atoms with Crippen molar-refractivity contribution in [3.05, 3.63) is 74.8 Å². The lowest BCUT2D eigenvalue weighted by atomic mass is 9.96. The number of rotatable bonds is 3. The number of nitro benzene ring substituents is 1. The molecule has 0 bridgehead atoms. The van der Waals surface area contributed by atoms with Gasteiger partial charge in [-0.3, -0.25) is 24.3 Å². The number of non-ortho nitro benzene ring substituents is 1. The number of nitro groups is 1. The van der Waals surface area contributed by atoms with Crippen LogP contribution in [0.1, 0.15) is 18.9 Å². The lowest BCUT2D eigenvalue weighted by molar-refractivity contribution is -0.384. The summed E-state index contributed by atoms with van der Waals surface area (Å²) in [5.74, 6) is -0.215. The first kappa shape index (κ1) is 17.8. The maximum atomic E-state index is 13.0. The molecule has 8 nitrogen and oxygen atoms in total. The van der Waals surface area contributed by atoms with Crippen molar-refractivity contribution in [3.63, 3.8) is 0 Å². The predicted molar refractivity (Wildman–Crippen MR) is 104 cm³/mol. The van der Waals surface area contributed by atoms with Crippen LogP contribution >= 0.6 is 0 Å². The summed E-state index contributed by atoms with van der Waals surface area (Å²) in [7, 11) is 0. The molecule has 28 heavy (non-hydrogen) atoms. The molecule has 1 aliphatic heterocycles. The molecular formula is C20H18N4O4. The first-order chi connectivity index (χ1) is 13.5. The third kappa shape index (κ3) is 3.02. The quantitative estimate of drug-likeness (QED) is 0.515. The molecule has 1 aliphatic rings. The van der Waals surface area contributed by atoms with Gasteiger partial charge in [-0.15, -0.1) is 0 Å². The monoisotopic (exact) mass is 378 g/mol. The molecule has 0 radical (unpaired) electrons. The average molecular weight is 378 g/mol. The fraction of sp³-hybridized carbons (Fsp3) is 0.250. The van der Waals surface area contributed by atoms with Crippen LogP contribution in [0.25, 0.3) is 10.9 Å². The average Bonchev–Trinajstić information content (AvgIpc) is 2.69. The molecule has 0 spiro atoms. The number of carbonyl (C=O) groups excluding carboxylic acids is 1. The molecule has 0 N–H and O–H groups in total.